The van der Waals surface area contributed by atoms with E-state index in [-0.39, 0.29) is 19.4 Å². The summed E-state index contributed by atoms with van der Waals surface area (Å²) >= 11 is 0. The summed E-state index contributed by atoms with van der Waals surface area (Å²) in [5.41, 5.74) is 0. The van der Waals surface area contributed by atoms with E-state index in [0.717, 1.165) is 44.4 Å². The number of carbonyl (C=O) groups is 2. The fraction of sp³-hybridized carbons (Fsp3) is 0.692. The molecule has 0 aromatic rings. The van der Waals surface area contributed by atoms with E-state index in [0.29, 0.717) is 25.7 Å². The average Bonchev–Trinajstić information content (AvgIpc) is 3.11. The van der Waals surface area contributed by atoms with Crippen molar-refractivity contribution in [2.45, 2.75) is 142 Å². The lowest BCUT2D eigenvalue weighted by Crippen LogP contribution is -2.29. The number of hydrogen-bond acceptors (Lipinski definition) is 10. The molecule has 0 heterocycles. The zero-order valence-electron chi connectivity index (χ0n) is 31.3. The maximum absolute atomic E-state index is 12.5. The Morgan fingerprint density at radius 2 is 1.37 bits per heavy atom. The summed E-state index contributed by atoms with van der Waals surface area (Å²) in [6, 6.07) is 0. The molecule has 11 nitrogen and oxygen atoms in total. The number of hydrogen-bond donors (Lipinski definition) is 4. The maximum Gasteiger partial charge on any atom is 0.472 e. The first-order valence-corrected chi connectivity index (χ1v) is 20.2. The number of phosphoric ester groups is 1. The first-order valence-electron chi connectivity index (χ1n) is 18.7. The highest BCUT2D eigenvalue weighted by molar-refractivity contribution is 7.47. The predicted molar refractivity (Wildman–Crippen MR) is 202 cm³/mol. The minimum atomic E-state index is -4.64. The number of aliphatic hydroxyl groups is 3. The molecular formula is C39H67O11P. The van der Waals surface area contributed by atoms with Crippen molar-refractivity contribution in [3.63, 3.8) is 0 Å². The van der Waals surface area contributed by atoms with Gasteiger partial charge in [0.05, 0.1) is 25.9 Å². The van der Waals surface area contributed by atoms with Crippen molar-refractivity contribution in [1.82, 2.24) is 0 Å². The average molecular weight is 743 g/mol. The van der Waals surface area contributed by atoms with Gasteiger partial charge in [0.25, 0.3) is 0 Å². The van der Waals surface area contributed by atoms with Gasteiger partial charge in [0.15, 0.2) is 6.10 Å². The molecule has 4 N–H and O–H groups in total. The molecule has 0 amide bonds. The van der Waals surface area contributed by atoms with Crippen LogP contribution in [0.4, 0.5) is 0 Å². The van der Waals surface area contributed by atoms with Gasteiger partial charge in [-0.3, -0.25) is 18.6 Å². The molecule has 0 aromatic heterocycles. The van der Waals surface area contributed by atoms with Crippen LogP contribution in [0.2, 0.25) is 0 Å². The van der Waals surface area contributed by atoms with E-state index in [1.165, 1.54) is 25.7 Å². The Bertz CT molecular complexity index is 1070. The zero-order chi connectivity index (χ0) is 38.0. The number of allylic oxidation sites excluding steroid dienone is 8. The van der Waals surface area contributed by atoms with E-state index in [2.05, 4.69) is 24.4 Å². The van der Waals surface area contributed by atoms with Crippen molar-refractivity contribution in [1.29, 1.82) is 0 Å². The van der Waals surface area contributed by atoms with E-state index >= 15 is 0 Å². The molecule has 5 atom stereocenters. The van der Waals surface area contributed by atoms with Crippen molar-refractivity contribution >= 4 is 19.8 Å². The van der Waals surface area contributed by atoms with Gasteiger partial charge < -0.3 is 29.7 Å². The molecule has 0 aliphatic carbocycles. The van der Waals surface area contributed by atoms with Crippen LogP contribution in [0.5, 0.6) is 0 Å². The van der Waals surface area contributed by atoms with Crippen molar-refractivity contribution in [3.05, 3.63) is 60.8 Å². The quantitative estimate of drug-likeness (QED) is 0.0169. The van der Waals surface area contributed by atoms with Crippen LogP contribution in [0.1, 0.15) is 124 Å². The van der Waals surface area contributed by atoms with Crippen molar-refractivity contribution in [2.75, 3.05) is 26.4 Å². The van der Waals surface area contributed by atoms with Gasteiger partial charge in [-0.05, 0) is 50.9 Å². The van der Waals surface area contributed by atoms with Crippen molar-refractivity contribution in [2.24, 2.45) is 5.92 Å². The normalized spacial score (nSPS) is 16.0. The zero-order valence-corrected chi connectivity index (χ0v) is 32.2. The minimum Gasteiger partial charge on any atom is -0.462 e. The fourth-order valence-corrected chi connectivity index (χ4v) is 5.28. The van der Waals surface area contributed by atoms with Gasteiger partial charge >= 0.3 is 19.8 Å². The highest BCUT2D eigenvalue weighted by atomic mass is 31.2. The number of esters is 2. The molecule has 0 bridgehead atoms. The third-order valence-corrected chi connectivity index (χ3v) is 8.75. The Balaban J connectivity index is 4.55. The molecule has 0 spiro atoms. The van der Waals surface area contributed by atoms with E-state index in [9.17, 15) is 29.3 Å². The number of unbranched alkanes of at least 4 members (excludes halogenated alkanes) is 6. The summed E-state index contributed by atoms with van der Waals surface area (Å²) in [5.74, 6) is -0.265. The van der Waals surface area contributed by atoms with E-state index in [4.69, 9.17) is 19.1 Å². The van der Waals surface area contributed by atoms with Gasteiger partial charge in [0, 0.05) is 12.8 Å². The summed E-state index contributed by atoms with van der Waals surface area (Å²) in [6.07, 6.45) is 29.9. The molecule has 0 aliphatic rings. The van der Waals surface area contributed by atoms with Crippen molar-refractivity contribution in [3.8, 4) is 0 Å². The number of carbonyl (C=O) groups excluding carboxylic acids is 2. The molecular weight excluding hydrogens is 675 g/mol. The monoisotopic (exact) mass is 742 g/mol. The SMILES string of the molecule is CC/C=C\C(O)C/C=C/C=C\C/C=C\C/C=C\CCCC(=O)O[C@H](COC(=O)CCCCCCCCC(C)CC)COP(=O)(O)OC[C@@H](O)CO. The Morgan fingerprint density at radius 1 is 0.745 bits per heavy atom. The van der Waals surface area contributed by atoms with Gasteiger partial charge in [0.2, 0.25) is 0 Å². The molecule has 294 valence electrons. The molecule has 0 aliphatic heterocycles. The third-order valence-electron chi connectivity index (χ3n) is 7.80. The largest absolute Gasteiger partial charge is 0.472 e. The van der Waals surface area contributed by atoms with Gasteiger partial charge in [0.1, 0.15) is 12.7 Å². The minimum absolute atomic E-state index is 0.0855. The second-order valence-corrected chi connectivity index (χ2v) is 14.1. The van der Waals surface area contributed by atoms with E-state index in [1.807, 2.05) is 55.5 Å². The van der Waals surface area contributed by atoms with E-state index < -0.39 is 57.9 Å². The number of aliphatic hydroxyl groups excluding tert-OH is 3. The maximum atomic E-state index is 12.5. The Hall–Kier alpha value is -2.37. The third kappa shape index (κ3) is 33.2. The first-order chi connectivity index (χ1) is 24.5. The molecule has 0 radical (unpaired) electrons. The summed E-state index contributed by atoms with van der Waals surface area (Å²) in [6.45, 7) is 4.29. The molecule has 0 saturated heterocycles. The smallest absolute Gasteiger partial charge is 0.462 e. The first kappa shape index (κ1) is 48.6. The van der Waals surface area contributed by atoms with Crippen LogP contribution >= 0.6 is 7.82 Å². The topological polar surface area (TPSA) is 169 Å². The molecule has 3 unspecified atom stereocenters. The molecule has 0 saturated carbocycles. The number of rotatable bonds is 33. The lowest BCUT2D eigenvalue weighted by molar-refractivity contribution is -0.161. The fourth-order valence-electron chi connectivity index (χ4n) is 4.49. The van der Waals surface area contributed by atoms with Crippen LogP contribution in [0.15, 0.2) is 60.8 Å². The molecule has 0 fully saturated rings. The van der Waals surface area contributed by atoms with Crippen LogP contribution in [-0.2, 0) is 32.7 Å². The van der Waals surface area contributed by atoms with E-state index in [1.54, 1.807) is 6.08 Å². The summed E-state index contributed by atoms with van der Waals surface area (Å²) in [7, 11) is -4.64. The number of phosphoric acid groups is 1. The summed E-state index contributed by atoms with van der Waals surface area (Å²) in [5, 5.41) is 28.0. The molecule has 51 heavy (non-hydrogen) atoms. The van der Waals surface area contributed by atoms with Gasteiger partial charge in [-0.25, -0.2) is 4.57 Å². The highest BCUT2D eigenvalue weighted by Crippen LogP contribution is 2.43. The highest BCUT2D eigenvalue weighted by Gasteiger charge is 2.27. The van der Waals surface area contributed by atoms with Crippen LogP contribution in [0.25, 0.3) is 0 Å². The predicted octanol–water partition coefficient (Wildman–Crippen LogP) is 7.99. The lowest BCUT2D eigenvalue weighted by atomic mass is 10.00. The summed E-state index contributed by atoms with van der Waals surface area (Å²) in [4.78, 5) is 34.8. The van der Waals surface area contributed by atoms with Gasteiger partial charge in [-0.1, -0.05) is 126 Å². The Kier molecular flexibility index (Phi) is 31.9. The Labute approximate surface area is 307 Å². The van der Waals surface area contributed by atoms with Crippen LogP contribution in [0.3, 0.4) is 0 Å². The molecule has 12 heteroatoms. The number of ether oxygens (including phenoxy) is 2. The second kappa shape index (κ2) is 33.5. The van der Waals surface area contributed by atoms with Gasteiger partial charge in [-0.15, -0.1) is 0 Å². The van der Waals surface area contributed by atoms with Crippen LogP contribution in [-0.4, -0.2) is 76.9 Å². The van der Waals surface area contributed by atoms with Crippen LogP contribution < -0.4 is 0 Å². The standard InChI is InChI=1S/C39H67O11P/c1-4-6-26-35(41)27-22-18-13-11-9-7-8-10-12-14-20-24-29-39(44)50-37(33-49-51(45,46)48-31-36(42)30-40)32-47-38(43)28-23-19-16-15-17-21-25-34(3)5-2/h6-8,11-14,18,22,26,34-37,40-42H,4-5,9-10,15-17,19-21,23-25,27-33H2,1-3H3,(H,45,46)/b8-7-,13-11-,14-12-,22-18+,26-6-/t34?,35?,36-,37+/m0/s1. The molecule has 0 rings (SSSR count). The molecule has 0 aromatic carbocycles. The lowest BCUT2D eigenvalue weighted by Gasteiger charge is -2.20. The summed E-state index contributed by atoms with van der Waals surface area (Å²) < 4.78 is 32.4. The van der Waals surface area contributed by atoms with Crippen molar-refractivity contribution < 1.29 is 52.9 Å². The second-order valence-electron chi connectivity index (χ2n) is 12.7. The van der Waals surface area contributed by atoms with Crippen LogP contribution in [0, 0.1) is 5.92 Å². The van der Waals surface area contributed by atoms with Gasteiger partial charge in [-0.2, -0.15) is 0 Å². The Morgan fingerprint density at radius 3 is 2.08 bits per heavy atom.